The maximum Gasteiger partial charge on any atom is 0.306 e. The summed E-state index contributed by atoms with van der Waals surface area (Å²) >= 11 is 0. The molecule has 9 nitrogen and oxygen atoms in total. The second-order valence-corrected chi connectivity index (χ2v) is 16.1. The Morgan fingerprint density at radius 1 is 0.608 bits per heavy atom. The van der Waals surface area contributed by atoms with Crippen molar-refractivity contribution in [3.05, 3.63) is 36.5 Å². The van der Waals surface area contributed by atoms with Crippen molar-refractivity contribution >= 4 is 19.8 Å². The molecular formula is C41H76NO8P. The lowest BCUT2D eigenvalue weighted by atomic mass is 10.0. The first-order valence-corrected chi connectivity index (χ1v) is 21.7. The van der Waals surface area contributed by atoms with E-state index in [1.807, 2.05) is 21.1 Å². The summed E-state index contributed by atoms with van der Waals surface area (Å²) in [7, 11) is 1.14. The fourth-order valence-corrected chi connectivity index (χ4v) is 5.92. The summed E-state index contributed by atoms with van der Waals surface area (Å²) in [6.07, 6.45) is 36.0. The van der Waals surface area contributed by atoms with Crippen LogP contribution in [0.2, 0.25) is 0 Å². The van der Waals surface area contributed by atoms with E-state index in [4.69, 9.17) is 18.5 Å². The Hall–Kier alpha value is -1.77. The second-order valence-electron chi connectivity index (χ2n) is 14.7. The molecule has 0 amide bonds. The van der Waals surface area contributed by atoms with Gasteiger partial charge in [0.2, 0.25) is 0 Å². The van der Waals surface area contributed by atoms with Crippen LogP contribution in [0.4, 0.5) is 0 Å². The molecule has 1 unspecified atom stereocenters. The fraction of sp³-hybridized carbons (Fsp3) is 0.805. The van der Waals surface area contributed by atoms with Crippen molar-refractivity contribution in [1.29, 1.82) is 0 Å². The number of hydrogen-bond acceptors (Lipinski definition) is 8. The van der Waals surface area contributed by atoms with E-state index >= 15 is 0 Å². The van der Waals surface area contributed by atoms with Crippen LogP contribution in [0.15, 0.2) is 36.5 Å². The normalized spacial score (nSPS) is 14.1. The van der Waals surface area contributed by atoms with E-state index in [-0.39, 0.29) is 26.1 Å². The fourth-order valence-electron chi connectivity index (χ4n) is 5.19. The van der Waals surface area contributed by atoms with E-state index in [0.29, 0.717) is 17.4 Å². The third-order valence-corrected chi connectivity index (χ3v) is 9.38. The van der Waals surface area contributed by atoms with E-state index in [0.717, 1.165) is 51.4 Å². The summed E-state index contributed by atoms with van der Waals surface area (Å²) in [5, 5.41) is 0. The topological polar surface area (TPSA) is 111 Å². The van der Waals surface area contributed by atoms with Gasteiger partial charge in [0.05, 0.1) is 27.7 Å². The van der Waals surface area contributed by atoms with Gasteiger partial charge < -0.3 is 27.9 Å². The van der Waals surface area contributed by atoms with Crippen LogP contribution in [0.25, 0.3) is 0 Å². The van der Waals surface area contributed by atoms with Gasteiger partial charge in [-0.15, -0.1) is 0 Å². The summed E-state index contributed by atoms with van der Waals surface area (Å²) in [6.45, 7) is 4.13. The third kappa shape index (κ3) is 37.8. The molecule has 51 heavy (non-hydrogen) atoms. The Labute approximate surface area is 312 Å². The molecule has 0 N–H and O–H groups in total. The van der Waals surface area contributed by atoms with Crippen LogP contribution in [0, 0.1) is 0 Å². The predicted octanol–water partition coefficient (Wildman–Crippen LogP) is 10.3. The quantitative estimate of drug-likeness (QED) is 0.0205. The number of carbonyl (C=O) groups excluding carboxylic acids is 2. The number of likely N-dealkylation sites (N-methyl/N-ethyl adjacent to an activating group) is 1. The van der Waals surface area contributed by atoms with Crippen molar-refractivity contribution in [2.45, 2.75) is 168 Å². The highest BCUT2D eigenvalue weighted by atomic mass is 31.2. The lowest BCUT2D eigenvalue weighted by Crippen LogP contribution is -2.37. The maximum absolute atomic E-state index is 12.6. The standard InChI is InChI=1S/C41H76NO8P/c1-6-8-10-12-14-16-18-20-21-22-24-26-28-30-32-34-41(44)50-39(38-49-51(45,46)48-36-35-42(3,4)5)37-47-40(43)33-31-29-27-25-23-19-17-15-13-11-9-7-2/h14,16,20-21,24,26,39H,6-13,15,17-19,22-23,25,27-38H2,1-5H3/b16-14+,21-20+,26-24+/t39-/m1/s1. The minimum Gasteiger partial charge on any atom is -0.756 e. The van der Waals surface area contributed by atoms with Gasteiger partial charge in [0.15, 0.2) is 6.10 Å². The zero-order chi connectivity index (χ0) is 37.9. The summed E-state index contributed by atoms with van der Waals surface area (Å²) in [5.74, 6) is -0.880. The van der Waals surface area contributed by atoms with E-state index in [1.54, 1.807) is 0 Å². The number of phosphoric acid groups is 1. The van der Waals surface area contributed by atoms with Crippen LogP contribution in [-0.4, -0.2) is 70.0 Å². The van der Waals surface area contributed by atoms with E-state index in [1.165, 1.54) is 77.0 Å². The lowest BCUT2D eigenvalue weighted by molar-refractivity contribution is -0.870. The number of ether oxygens (including phenoxy) is 2. The first-order valence-electron chi connectivity index (χ1n) is 20.2. The first-order chi connectivity index (χ1) is 24.5. The predicted molar refractivity (Wildman–Crippen MR) is 208 cm³/mol. The molecule has 0 saturated carbocycles. The minimum atomic E-state index is -4.63. The summed E-state index contributed by atoms with van der Waals surface area (Å²) in [4.78, 5) is 37.4. The smallest absolute Gasteiger partial charge is 0.306 e. The van der Waals surface area contributed by atoms with Gasteiger partial charge in [0.25, 0.3) is 7.82 Å². The molecule has 2 atom stereocenters. The molecule has 0 heterocycles. The molecule has 10 heteroatoms. The Kier molecular flexibility index (Phi) is 32.8. The molecule has 0 saturated heterocycles. The molecule has 0 radical (unpaired) electrons. The minimum absolute atomic E-state index is 0.0377. The Balaban J connectivity index is 4.49. The highest BCUT2D eigenvalue weighted by molar-refractivity contribution is 7.45. The molecule has 0 aromatic heterocycles. The van der Waals surface area contributed by atoms with Crippen molar-refractivity contribution in [1.82, 2.24) is 0 Å². The molecule has 0 aromatic carbocycles. The van der Waals surface area contributed by atoms with Crippen LogP contribution in [0.1, 0.15) is 162 Å². The first kappa shape index (κ1) is 49.2. The van der Waals surface area contributed by atoms with Crippen LogP contribution >= 0.6 is 7.82 Å². The Morgan fingerprint density at radius 2 is 1.06 bits per heavy atom. The van der Waals surface area contributed by atoms with Crippen LogP contribution < -0.4 is 4.89 Å². The van der Waals surface area contributed by atoms with Gasteiger partial charge >= 0.3 is 11.9 Å². The molecule has 298 valence electrons. The molecule has 0 rings (SSSR count). The zero-order valence-corrected chi connectivity index (χ0v) is 34.2. The molecule has 0 spiro atoms. The largest absolute Gasteiger partial charge is 0.756 e. The summed E-state index contributed by atoms with van der Waals surface area (Å²) in [5.41, 5.74) is 0. The van der Waals surface area contributed by atoms with Crippen molar-refractivity contribution in [2.75, 3.05) is 47.5 Å². The van der Waals surface area contributed by atoms with Gasteiger partial charge in [0.1, 0.15) is 19.8 Å². The van der Waals surface area contributed by atoms with Crippen molar-refractivity contribution < 1.29 is 42.1 Å². The average molecular weight is 742 g/mol. The molecule has 0 aromatic rings. The number of phosphoric ester groups is 1. The van der Waals surface area contributed by atoms with Crippen LogP contribution in [-0.2, 0) is 32.7 Å². The number of esters is 2. The third-order valence-electron chi connectivity index (χ3n) is 8.41. The molecule has 0 aliphatic heterocycles. The van der Waals surface area contributed by atoms with E-state index < -0.39 is 32.5 Å². The van der Waals surface area contributed by atoms with Gasteiger partial charge in [-0.05, 0) is 51.4 Å². The van der Waals surface area contributed by atoms with E-state index in [9.17, 15) is 19.0 Å². The number of hydrogen-bond donors (Lipinski definition) is 0. The zero-order valence-electron chi connectivity index (χ0n) is 33.3. The second kappa shape index (κ2) is 34.0. The van der Waals surface area contributed by atoms with Crippen molar-refractivity contribution in [2.24, 2.45) is 0 Å². The monoisotopic (exact) mass is 742 g/mol. The molecular weight excluding hydrogens is 665 g/mol. The molecule has 0 aliphatic carbocycles. The van der Waals surface area contributed by atoms with Gasteiger partial charge in [-0.1, -0.05) is 134 Å². The van der Waals surface area contributed by atoms with Crippen molar-refractivity contribution in [3.8, 4) is 0 Å². The molecule has 0 fully saturated rings. The average Bonchev–Trinajstić information content (AvgIpc) is 3.07. The Morgan fingerprint density at radius 3 is 1.61 bits per heavy atom. The highest BCUT2D eigenvalue weighted by Gasteiger charge is 2.21. The summed E-state index contributed by atoms with van der Waals surface area (Å²) in [6, 6.07) is 0. The van der Waals surface area contributed by atoms with Crippen molar-refractivity contribution in [3.63, 3.8) is 0 Å². The number of nitrogens with zero attached hydrogens (tertiary/aromatic N) is 1. The van der Waals surface area contributed by atoms with Gasteiger partial charge in [-0.3, -0.25) is 14.2 Å². The SMILES string of the molecule is CCCCC/C=C/C/C=C/C/C=C/CCCCC(=O)O[C@H](COC(=O)CCCCCCCCCCCCCC)COP(=O)([O-])OCC[N+](C)(C)C. The molecule has 0 aliphatic rings. The number of carbonyl (C=O) groups is 2. The summed E-state index contributed by atoms with van der Waals surface area (Å²) < 4.78 is 33.7. The number of rotatable bonds is 36. The molecule has 0 bridgehead atoms. The Bertz CT molecular complexity index is 975. The van der Waals surface area contributed by atoms with Gasteiger partial charge in [-0.2, -0.15) is 0 Å². The van der Waals surface area contributed by atoms with E-state index in [2.05, 4.69) is 50.3 Å². The van der Waals surface area contributed by atoms with Crippen LogP contribution in [0.5, 0.6) is 0 Å². The van der Waals surface area contributed by atoms with Gasteiger partial charge in [-0.25, -0.2) is 0 Å². The lowest BCUT2D eigenvalue weighted by Gasteiger charge is -2.28. The van der Waals surface area contributed by atoms with Gasteiger partial charge in [0, 0.05) is 12.8 Å². The number of quaternary nitrogens is 1. The number of unbranched alkanes of at least 4 members (excludes halogenated alkanes) is 16. The highest BCUT2D eigenvalue weighted by Crippen LogP contribution is 2.38. The van der Waals surface area contributed by atoms with Crippen LogP contribution in [0.3, 0.4) is 0 Å². The maximum atomic E-state index is 12.6. The number of allylic oxidation sites excluding steroid dienone is 6.